The highest BCUT2D eigenvalue weighted by Crippen LogP contribution is 2.33. The van der Waals surface area contributed by atoms with Crippen LogP contribution >= 0.6 is 0 Å². The van der Waals surface area contributed by atoms with E-state index < -0.39 is 17.9 Å². The van der Waals surface area contributed by atoms with E-state index in [1.807, 2.05) is 0 Å². The first-order valence-corrected chi connectivity index (χ1v) is 3.84. The molecule has 0 spiro atoms. The SMILES string of the molecule is COc1cnc(C(F)F)c(O)c1CN. The third-order valence-electron chi connectivity index (χ3n) is 1.78. The number of aromatic hydroxyl groups is 1. The van der Waals surface area contributed by atoms with Crippen molar-refractivity contribution >= 4 is 0 Å². The molecule has 6 heteroatoms. The van der Waals surface area contributed by atoms with Crippen LogP contribution in [0.15, 0.2) is 6.20 Å². The molecule has 1 aromatic heterocycles. The van der Waals surface area contributed by atoms with Crippen molar-refractivity contribution < 1.29 is 18.6 Å². The molecule has 78 valence electrons. The number of hydrogen-bond acceptors (Lipinski definition) is 4. The predicted molar refractivity (Wildman–Crippen MR) is 45.3 cm³/mol. The van der Waals surface area contributed by atoms with Crippen LogP contribution < -0.4 is 10.5 Å². The summed E-state index contributed by atoms with van der Waals surface area (Å²) in [5, 5.41) is 9.37. The third-order valence-corrected chi connectivity index (χ3v) is 1.78. The van der Waals surface area contributed by atoms with Crippen LogP contribution in [0, 0.1) is 0 Å². The van der Waals surface area contributed by atoms with E-state index in [0.29, 0.717) is 0 Å². The van der Waals surface area contributed by atoms with Gasteiger partial charge < -0.3 is 15.6 Å². The molecule has 1 heterocycles. The summed E-state index contributed by atoms with van der Waals surface area (Å²) >= 11 is 0. The molecular formula is C8H10F2N2O2. The number of alkyl halides is 2. The van der Waals surface area contributed by atoms with Gasteiger partial charge in [-0.2, -0.15) is 0 Å². The maximum Gasteiger partial charge on any atom is 0.284 e. The van der Waals surface area contributed by atoms with Crippen LogP contribution in [-0.2, 0) is 6.54 Å². The fourth-order valence-electron chi connectivity index (χ4n) is 1.07. The Morgan fingerprint density at radius 3 is 2.71 bits per heavy atom. The van der Waals surface area contributed by atoms with Gasteiger partial charge in [-0.25, -0.2) is 13.8 Å². The largest absolute Gasteiger partial charge is 0.505 e. The van der Waals surface area contributed by atoms with Crippen molar-refractivity contribution in [2.45, 2.75) is 13.0 Å². The standard InChI is InChI=1S/C8H10F2N2O2/c1-14-5-3-12-6(8(9)10)7(13)4(5)2-11/h3,8,13H,2,11H2,1H3. The van der Waals surface area contributed by atoms with Crippen LogP contribution in [0.5, 0.6) is 11.5 Å². The molecule has 14 heavy (non-hydrogen) atoms. The van der Waals surface area contributed by atoms with Crippen molar-refractivity contribution in [3.8, 4) is 11.5 Å². The Morgan fingerprint density at radius 2 is 2.29 bits per heavy atom. The van der Waals surface area contributed by atoms with Gasteiger partial charge in [0, 0.05) is 6.54 Å². The minimum absolute atomic E-state index is 0.0861. The fourth-order valence-corrected chi connectivity index (χ4v) is 1.07. The summed E-state index contributed by atoms with van der Waals surface area (Å²) in [6.07, 6.45) is -1.71. The lowest BCUT2D eigenvalue weighted by molar-refractivity contribution is 0.141. The monoisotopic (exact) mass is 204 g/mol. The normalized spacial score (nSPS) is 10.6. The lowest BCUT2D eigenvalue weighted by atomic mass is 10.2. The van der Waals surface area contributed by atoms with Gasteiger partial charge in [0.05, 0.1) is 18.9 Å². The molecule has 0 aliphatic carbocycles. The molecule has 0 saturated carbocycles. The van der Waals surface area contributed by atoms with E-state index in [-0.39, 0.29) is 17.9 Å². The van der Waals surface area contributed by atoms with Gasteiger partial charge >= 0.3 is 0 Å². The van der Waals surface area contributed by atoms with Gasteiger partial charge in [0.2, 0.25) is 0 Å². The van der Waals surface area contributed by atoms with Crippen molar-refractivity contribution in [1.82, 2.24) is 4.98 Å². The number of pyridine rings is 1. The molecule has 0 radical (unpaired) electrons. The van der Waals surface area contributed by atoms with Crippen molar-refractivity contribution in [2.24, 2.45) is 5.73 Å². The number of rotatable bonds is 3. The molecule has 0 bridgehead atoms. The summed E-state index contributed by atoms with van der Waals surface area (Å²) in [5.74, 6) is -0.392. The van der Waals surface area contributed by atoms with Gasteiger partial charge in [-0.3, -0.25) is 0 Å². The van der Waals surface area contributed by atoms with Gasteiger partial charge in [-0.1, -0.05) is 0 Å². The Hall–Kier alpha value is -1.43. The van der Waals surface area contributed by atoms with Gasteiger partial charge in [0.1, 0.15) is 11.4 Å². The summed E-state index contributed by atoms with van der Waals surface area (Å²) in [6.45, 7) is -0.0861. The zero-order valence-electron chi connectivity index (χ0n) is 7.50. The Balaban J connectivity index is 3.27. The van der Waals surface area contributed by atoms with Crippen molar-refractivity contribution in [3.63, 3.8) is 0 Å². The first kappa shape index (κ1) is 10.6. The van der Waals surface area contributed by atoms with Gasteiger partial charge in [0.25, 0.3) is 6.43 Å². The summed E-state index contributed by atoms with van der Waals surface area (Å²) in [4.78, 5) is 3.38. The van der Waals surface area contributed by atoms with E-state index in [2.05, 4.69) is 4.98 Å². The molecule has 0 amide bonds. The Morgan fingerprint density at radius 1 is 1.64 bits per heavy atom. The van der Waals surface area contributed by atoms with Crippen LogP contribution in [0.2, 0.25) is 0 Å². The minimum Gasteiger partial charge on any atom is -0.505 e. The predicted octanol–water partition coefficient (Wildman–Crippen LogP) is 1.19. The van der Waals surface area contributed by atoms with Crippen LogP contribution in [0.4, 0.5) is 8.78 Å². The smallest absolute Gasteiger partial charge is 0.284 e. The van der Waals surface area contributed by atoms with E-state index in [9.17, 15) is 13.9 Å². The summed E-state index contributed by atoms with van der Waals surface area (Å²) in [6, 6.07) is 0. The van der Waals surface area contributed by atoms with E-state index in [1.165, 1.54) is 7.11 Å². The molecule has 0 atom stereocenters. The highest BCUT2D eigenvalue weighted by molar-refractivity contribution is 5.45. The second kappa shape index (κ2) is 4.19. The van der Waals surface area contributed by atoms with E-state index in [0.717, 1.165) is 6.20 Å². The molecule has 4 nitrogen and oxygen atoms in total. The maximum absolute atomic E-state index is 12.3. The molecule has 1 aromatic rings. The molecule has 1 rings (SSSR count). The van der Waals surface area contributed by atoms with Crippen molar-refractivity contribution in [2.75, 3.05) is 7.11 Å². The van der Waals surface area contributed by atoms with Gasteiger partial charge in [-0.15, -0.1) is 0 Å². The molecule has 0 aliphatic heterocycles. The Kier molecular flexibility index (Phi) is 3.19. The summed E-state index contributed by atoms with van der Waals surface area (Å²) < 4.78 is 29.4. The molecule has 0 unspecified atom stereocenters. The maximum atomic E-state index is 12.3. The molecular weight excluding hydrogens is 194 g/mol. The second-order valence-electron chi connectivity index (χ2n) is 2.54. The number of halogens is 2. The first-order chi connectivity index (χ1) is 6.61. The van der Waals surface area contributed by atoms with E-state index in [1.54, 1.807) is 0 Å². The average Bonchev–Trinajstić information content (AvgIpc) is 2.16. The lowest BCUT2D eigenvalue weighted by Gasteiger charge is -2.10. The molecule has 0 saturated heterocycles. The number of methoxy groups -OCH3 is 1. The van der Waals surface area contributed by atoms with Crippen LogP contribution in [0.3, 0.4) is 0 Å². The number of aromatic nitrogens is 1. The zero-order chi connectivity index (χ0) is 10.7. The van der Waals surface area contributed by atoms with Crippen LogP contribution in [-0.4, -0.2) is 17.2 Å². The Labute approximate surface area is 79.3 Å². The summed E-state index contributed by atoms with van der Waals surface area (Å²) in [7, 11) is 1.34. The molecule has 0 aromatic carbocycles. The average molecular weight is 204 g/mol. The van der Waals surface area contributed by atoms with Crippen LogP contribution in [0.1, 0.15) is 17.7 Å². The zero-order valence-corrected chi connectivity index (χ0v) is 7.50. The lowest BCUT2D eigenvalue weighted by Crippen LogP contribution is -2.04. The number of nitrogens with two attached hydrogens (primary N) is 1. The number of ether oxygens (including phenoxy) is 1. The summed E-state index contributed by atoms with van der Waals surface area (Å²) in [5.41, 5.74) is 4.75. The molecule has 3 N–H and O–H groups in total. The van der Waals surface area contributed by atoms with Crippen molar-refractivity contribution in [1.29, 1.82) is 0 Å². The van der Waals surface area contributed by atoms with Gasteiger partial charge in [0.15, 0.2) is 5.75 Å². The minimum atomic E-state index is -2.83. The number of nitrogens with zero attached hydrogens (tertiary/aromatic N) is 1. The highest BCUT2D eigenvalue weighted by atomic mass is 19.3. The Bertz CT molecular complexity index is 331. The van der Waals surface area contributed by atoms with E-state index >= 15 is 0 Å². The topological polar surface area (TPSA) is 68.4 Å². The third kappa shape index (κ3) is 1.74. The highest BCUT2D eigenvalue weighted by Gasteiger charge is 2.19. The second-order valence-corrected chi connectivity index (χ2v) is 2.54. The van der Waals surface area contributed by atoms with Gasteiger partial charge in [-0.05, 0) is 0 Å². The first-order valence-electron chi connectivity index (χ1n) is 3.84. The molecule has 0 fully saturated rings. The van der Waals surface area contributed by atoms with Crippen LogP contribution in [0.25, 0.3) is 0 Å². The van der Waals surface area contributed by atoms with Crippen molar-refractivity contribution in [3.05, 3.63) is 17.5 Å². The molecule has 0 aliphatic rings. The van der Waals surface area contributed by atoms with E-state index in [4.69, 9.17) is 10.5 Å². The quantitative estimate of drug-likeness (QED) is 0.776. The number of hydrogen-bond donors (Lipinski definition) is 2. The fraction of sp³-hybridized carbons (Fsp3) is 0.375.